The SMILES string of the molecule is CC(C)C[C@H](NC(=O)[C@H](Cc1cccc(C(F)(F)F)n1)NC(=O)O)C(=O)N[C@@H](C[C@@H]1CCNC1=O)C(O)C(=O)NC(C)C. The van der Waals surface area contributed by atoms with Gasteiger partial charge in [0.2, 0.25) is 17.7 Å². The molecule has 2 heterocycles. The van der Waals surface area contributed by atoms with Crippen LogP contribution in [0.25, 0.3) is 0 Å². The molecule has 0 bridgehead atoms. The average molecular weight is 617 g/mol. The van der Waals surface area contributed by atoms with Gasteiger partial charge in [-0.05, 0) is 51.2 Å². The Morgan fingerprint density at radius 1 is 1.00 bits per heavy atom. The number of carboxylic acid groups (broad SMARTS) is 1. The van der Waals surface area contributed by atoms with E-state index in [2.05, 4.69) is 26.3 Å². The first kappa shape index (κ1) is 35.2. The zero-order valence-electron chi connectivity index (χ0n) is 24.3. The summed E-state index contributed by atoms with van der Waals surface area (Å²) in [4.78, 5) is 66.3. The molecule has 0 spiro atoms. The quantitative estimate of drug-likeness (QED) is 0.158. The summed E-state index contributed by atoms with van der Waals surface area (Å²) in [6.45, 7) is 7.23. The molecular formula is C27H39F3N6O7. The minimum Gasteiger partial charge on any atom is -0.465 e. The number of aliphatic hydroxyl groups excluding tert-OH is 1. The second kappa shape index (κ2) is 15.5. The van der Waals surface area contributed by atoms with Gasteiger partial charge in [-0.3, -0.25) is 19.2 Å². The van der Waals surface area contributed by atoms with E-state index in [0.717, 1.165) is 12.1 Å². The van der Waals surface area contributed by atoms with Gasteiger partial charge in [0.15, 0.2) is 6.10 Å². The molecule has 1 saturated heterocycles. The van der Waals surface area contributed by atoms with E-state index in [4.69, 9.17) is 0 Å². The van der Waals surface area contributed by atoms with Gasteiger partial charge >= 0.3 is 12.3 Å². The lowest BCUT2D eigenvalue weighted by molar-refractivity contribution is -0.141. The molecule has 1 aromatic rings. The normalized spacial score (nSPS) is 17.9. The van der Waals surface area contributed by atoms with Crippen molar-refractivity contribution in [1.29, 1.82) is 0 Å². The van der Waals surface area contributed by atoms with E-state index in [1.165, 1.54) is 6.07 Å². The number of nitrogens with zero attached hydrogens (tertiary/aromatic N) is 1. The van der Waals surface area contributed by atoms with Crippen molar-refractivity contribution in [3.05, 3.63) is 29.6 Å². The number of carbonyl (C=O) groups excluding carboxylic acids is 4. The van der Waals surface area contributed by atoms with Crippen molar-refractivity contribution in [2.24, 2.45) is 11.8 Å². The summed E-state index contributed by atoms with van der Waals surface area (Å²) >= 11 is 0. The molecule has 0 aromatic carbocycles. The highest BCUT2D eigenvalue weighted by molar-refractivity contribution is 5.92. The summed E-state index contributed by atoms with van der Waals surface area (Å²) in [5.74, 6) is -3.66. The van der Waals surface area contributed by atoms with Gasteiger partial charge in [-0.2, -0.15) is 13.2 Å². The third-order valence-corrected chi connectivity index (χ3v) is 6.57. The van der Waals surface area contributed by atoms with Gasteiger partial charge in [0.25, 0.3) is 5.91 Å². The van der Waals surface area contributed by atoms with Crippen LogP contribution in [0.5, 0.6) is 0 Å². The fraction of sp³-hybridized carbons (Fsp3) is 0.630. The Balaban J connectivity index is 2.28. The van der Waals surface area contributed by atoms with Crippen LogP contribution in [-0.2, 0) is 31.8 Å². The Morgan fingerprint density at radius 2 is 1.65 bits per heavy atom. The summed E-state index contributed by atoms with van der Waals surface area (Å²) in [5.41, 5.74) is -1.44. The van der Waals surface area contributed by atoms with E-state index in [9.17, 15) is 47.4 Å². The second-order valence-corrected chi connectivity index (χ2v) is 11.1. The van der Waals surface area contributed by atoms with E-state index in [1.54, 1.807) is 27.7 Å². The number of aromatic nitrogens is 1. The number of hydrogen-bond acceptors (Lipinski definition) is 7. The Kier molecular flexibility index (Phi) is 12.7. The molecule has 1 unspecified atom stereocenters. The predicted octanol–water partition coefficient (Wildman–Crippen LogP) is 0.707. The van der Waals surface area contributed by atoms with Crippen molar-refractivity contribution in [3.8, 4) is 0 Å². The standard InChI is InChI=1S/C27H39F3N6O7/c1-13(2)10-18(23(39)34-17(11-15-8-9-31-22(15)38)21(37)25(41)32-14(3)4)35-24(40)19(36-26(42)43)12-16-6-5-7-20(33-16)27(28,29)30/h5-7,13-15,17-19,21,36-37H,8-12H2,1-4H3,(H,31,38)(H,32,41)(H,34,39)(H,35,40)(H,42,43)/t15-,17-,18-,19-,21?/m0/s1. The topological polar surface area (TPSA) is 199 Å². The second-order valence-electron chi connectivity index (χ2n) is 11.1. The van der Waals surface area contributed by atoms with Crippen LogP contribution in [0.1, 0.15) is 58.3 Å². The highest BCUT2D eigenvalue weighted by Crippen LogP contribution is 2.27. The maximum absolute atomic E-state index is 13.4. The van der Waals surface area contributed by atoms with Crippen LogP contribution >= 0.6 is 0 Å². The zero-order chi connectivity index (χ0) is 32.5. The van der Waals surface area contributed by atoms with Gasteiger partial charge in [0, 0.05) is 30.6 Å². The number of carbonyl (C=O) groups is 5. The molecule has 0 aliphatic carbocycles. The van der Waals surface area contributed by atoms with E-state index in [1.807, 2.05) is 5.32 Å². The first-order valence-corrected chi connectivity index (χ1v) is 13.9. The lowest BCUT2D eigenvalue weighted by atomic mass is 9.93. The molecule has 16 heteroatoms. The van der Waals surface area contributed by atoms with Gasteiger partial charge < -0.3 is 36.8 Å². The average Bonchev–Trinajstić information content (AvgIpc) is 3.29. The summed E-state index contributed by atoms with van der Waals surface area (Å²) in [6.07, 6.45) is -8.29. The molecule has 13 nitrogen and oxygen atoms in total. The molecule has 43 heavy (non-hydrogen) atoms. The first-order chi connectivity index (χ1) is 20.0. The largest absolute Gasteiger partial charge is 0.465 e. The van der Waals surface area contributed by atoms with Crippen molar-refractivity contribution >= 4 is 29.7 Å². The molecule has 5 amide bonds. The smallest absolute Gasteiger partial charge is 0.433 e. The van der Waals surface area contributed by atoms with E-state index >= 15 is 0 Å². The fourth-order valence-corrected chi connectivity index (χ4v) is 4.57. The Bertz CT molecular complexity index is 1160. The van der Waals surface area contributed by atoms with Gasteiger partial charge in [-0.15, -0.1) is 0 Å². The van der Waals surface area contributed by atoms with Crippen LogP contribution in [0, 0.1) is 11.8 Å². The third kappa shape index (κ3) is 11.3. The van der Waals surface area contributed by atoms with Crippen LogP contribution in [0.3, 0.4) is 0 Å². The molecule has 240 valence electrons. The maximum Gasteiger partial charge on any atom is 0.433 e. The molecule has 0 saturated carbocycles. The van der Waals surface area contributed by atoms with E-state index in [-0.39, 0.29) is 36.4 Å². The number of pyridine rings is 1. The molecule has 2 rings (SSSR count). The van der Waals surface area contributed by atoms with Crippen LogP contribution in [0.4, 0.5) is 18.0 Å². The summed E-state index contributed by atoms with van der Waals surface area (Å²) in [5, 5.41) is 32.2. The van der Waals surface area contributed by atoms with Crippen LogP contribution in [0.2, 0.25) is 0 Å². The van der Waals surface area contributed by atoms with Crippen molar-refractivity contribution < 1.29 is 47.4 Å². The lowest BCUT2D eigenvalue weighted by Crippen LogP contribution is -2.58. The molecule has 0 radical (unpaired) electrons. The van der Waals surface area contributed by atoms with Crippen LogP contribution < -0.4 is 26.6 Å². The number of amides is 5. The van der Waals surface area contributed by atoms with Gasteiger partial charge in [0.05, 0.1) is 6.04 Å². The minimum atomic E-state index is -4.76. The summed E-state index contributed by atoms with van der Waals surface area (Å²) < 4.78 is 39.4. The number of aliphatic hydroxyl groups is 1. The Morgan fingerprint density at radius 3 is 2.19 bits per heavy atom. The predicted molar refractivity (Wildman–Crippen MR) is 146 cm³/mol. The number of alkyl halides is 3. The van der Waals surface area contributed by atoms with E-state index in [0.29, 0.717) is 13.0 Å². The Labute approximate surface area is 246 Å². The molecule has 1 fully saturated rings. The van der Waals surface area contributed by atoms with Gasteiger partial charge in [0.1, 0.15) is 17.8 Å². The van der Waals surface area contributed by atoms with Crippen LogP contribution in [-0.4, -0.2) is 81.7 Å². The number of hydrogen-bond donors (Lipinski definition) is 7. The minimum absolute atomic E-state index is 0.0457. The van der Waals surface area contributed by atoms with E-state index < -0.39 is 72.3 Å². The molecular weight excluding hydrogens is 577 g/mol. The lowest BCUT2D eigenvalue weighted by Gasteiger charge is -2.29. The molecule has 1 aliphatic heterocycles. The summed E-state index contributed by atoms with van der Waals surface area (Å²) in [7, 11) is 0. The van der Waals surface area contributed by atoms with Crippen molar-refractivity contribution in [1.82, 2.24) is 31.6 Å². The Hall–Kier alpha value is -3.95. The fourth-order valence-electron chi connectivity index (χ4n) is 4.57. The molecule has 7 N–H and O–H groups in total. The van der Waals surface area contributed by atoms with Crippen molar-refractivity contribution in [2.75, 3.05) is 6.54 Å². The highest BCUT2D eigenvalue weighted by atomic mass is 19.4. The number of nitrogens with one attached hydrogen (secondary N) is 5. The van der Waals surface area contributed by atoms with Gasteiger partial charge in [-0.1, -0.05) is 19.9 Å². The maximum atomic E-state index is 13.4. The molecule has 5 atom stereocenters. The number of halogens is 3. The van der Waals surface area contributed by atoms with Crippen molar-refractivity contribution in [2.45, 2.75) is 89.8 Å². The monoisotopic (exact) mass is 616 g/mol. The molecule has 1 aromatic heterocycles. The zero-order valence-corrected chi connectivity index (χ0v) is 24.3. The first-order valence-electron chi connectivity index (χ1n) is 13.9. The molecule has 1 aliphatic rings. The van der Waals surface area contributed by atoms with Crippen LogP contribution in [0.15, 0.2) is 18.2 Å². The van der Waals surface area contributed by atoms with Gasteiger partial charge in [-0.25, -0.2) is 9.78 Å². The third-order valence-electron chi connectivity index (χ3n) is 6.57. The number of rotatable bonds is 14. The van der Waals surface area contributed by atoms with Crippen molar-refractivity contribution in [3.63, 3.8) is 0 Å². The highest BCUT2D eigenvalue weighted by Gasteiger charge is 2.37. The summed E-state index contributed by atoms with van der Waals surface area (Å²) in [6, 6.07) is -1.45.